The van der Waals surface area contributed by atoms with Crippen molar-refractivity contribution in [3.8, 4) is 0 Å². The Bertz CT molecular complexity index is 1100. The third-order valence-corrected chi connectivity index (χ3v) is 7.26. The maximum atomic E-state index is 13.4. The zero-order valence-corrected chi connectivity index (χ0v) is 19.7. The maximum absolute atomic E-state index is 13.4. The van der Waals surface area contributed by atoms with Crippen LogP contribution >= 0.6 is 0 Å². The summed E-state index contributed by atoms with van der Waals surface area (Å²) in [6.07, 6.45) is 2.09. The Morgan fingerprint density at radius 2 is 1.74 bits per heavy atom. The summed E-state index contributed by atoms with van der Waals surface area (Å²) in [5.74, 6) is -1.16. The summed E-state index contributed by atoms with van der Waals surface area (Å²) in [7, 11) is 0. The third kappa shape index (κ3) is 4.57. The first-order valence-corrected chi connectivity index (χ1v) is 12.3. The summed E-state index contributed by atoms with van der Waals surface area (Å²) in [5, 5.41) is 9.26. The van der Waals surface area contributed by atoms with Crippen LogP contribution in [0.3, 0.4) is 0 Å². The molecule has 1 heterocycles. The SMILES string of the molecule is C[C@H](OC(=O)N(C1CC1)C1c2ccccc2N(C(=O)OCc2ccccc2)C2CCCC21)C(=O)O. The van der Waals surface area contributed by atoms with Gasteiger partial charge in [-0.15, -0.1) is 0 Å². The van der Waals surface area contributed by atoms with E-state index in [-0.39, 0.29) is 30.7 Å². The number of para-hydroxylation sites is 1. The molecule has 0 bridgehead atoms. The van der Waals surface area contributed by atoms with E-state index in [1.54, 1.807) is 9.80 Å². The molecule has 2 aromatic carbocycles. The number of rotatable bonds is 6. The molecule has 0 aromatic heterocycles. The van der Waals surface area contributed by atoms with Gasteiger partial charge in [-0.2, -0.15) is 0 Å². The Kier molecular flexibility index (Phi) is 6.36. The fourth-order valence-electron chi connectivity index (χ4n) is 5.51. The summed E-state index contributed by atoms with van der Waals surface area (Å²) in [5.41, 5.74) is 2.53. The Balaban J connectivity index is 1.46. The van der Waals surface area contributed by atoms with Crippen molar-refractivity contribution in [1.29, 1.82) is 0 Å². The Morgan fingerprint density at radius 3 is 2.46 bits per heavy atom. The van der Waals surface area contributed by atoms with Crippen LogP contribution in [0, 0.1) is 5.92 Å². The minimum Gasteiger partial charge on any atom is -0.479 e. The number of fused-ring (bicyclic) bond motifs is 2. The fourth-order valence-corrected chi connectivity index (χ4v) is 5.51. The molecule has 2 aromatic rings. The molecule has 2 amide bonds. The maximum Gasteiger partial charge on any atom is 0.414 e. The van der Waals surface area contributed by atoms with Crippen molar-refractivity contribution in [2.45, 2.75) is 69.9 Å². The van der Waals surface area contributed by atoms with Crippen LogP contribution in [0.1, 0.15) is 56.2 Å². The van der Waals surface area contributed by atoms with Crippen molar-refractivity contribution < 1.29 is 29.0 Å². The quantitative estimate of drug-likeness (QED) is 0.619. The lowest BCUT2D eigenvalue weighted by molar-refractivity contribution is -0.146. The topological polar surface area (TPSA) is 96.4 Å². The van der Waals surface area contributed by atoms with Gasteiger partial charge in [0.05, 0.1) is 11.7 Å². The number of hydrogen-bond donors (Lipinski definition) is 1. The van der Waals surface area contributed by atoms with Crippen molar-refractivity contribution in [2.75, 3.05) is 4.90 Å². The molecule has 4 atom stereocenters. The van der Waals surface area contributed by atoms with E-state index in [2.05, 4.69) is 0 Å². The first-order valence-electron chi connectivity index (χ1n) is 12.3. The van der Waals surface area contributed by atoms with Crippen LogP contribution in [0.5, 0.6) is 0 Å². The zero-order valence-electron chi connectivity index (χ0n) is 19.7. The van der Waals surface area contributed by atoms with Crippen LogP contribution in [0.25, 0.3) is 0 Å². The average molecular weight is 479 g/mol. The molecule has 0 saturated heterocycles. The van der Waals surface area contributed by atoms with Crippen molar-refractivity contribution >= 4 is 23.8 Å². The highest BCUT2D eigenvalue weighted by molar-refractivity contribution is 5.91. The van der Waals surface area contributed by atoms with E-state index < -0.39 is 24.3 Å². The van der Waals surface area contributed by atoms with Gasteiger partial charge < -0.3 is 14.6 Å². The van der Waals surface area contributed by atoms with E-state index in [4.69, 9.17) is 9.47 Å². The molecule has 0 spiro atoms. The number of nitrogens with zero attached hydrogens (tertiary/aromatic N) is 2. The lowest BCUT2D eigenvalue weighted by atomic mass is 9.82. The molecular formula is C27H30N2O6. The lowest BCUT2D eigenvalue weighted by Crippen LogP contribution is -2.53. The van der Waals surface area contributed by atoms with Gasteiger partial charge in [-0.05, 0) is 49.8 Å². The minimum atomic E-state index is -1.23. The molecule has 8 heteroatoms. The van der Waals surface area contributed by atoms with Gasteiger partial charge in [0.15, 0.2) is 6.10 Å². The Labute approximate surface area is 204 Å². The number of amides is 2. The fraction of sp³-hybridized carbons (Fsp3) is 0.444. The van der Waals surface area contributed by atoms with Crippen molar-refractivity contribution in [1.82, 2.24) is 4.90 Å². The number of ether oxygens (including phenoxy) is 2. The molecule has 1 N–H and O–H groups in total. The molecule has 3 aliphatic rings. The van der Waals surface area contributed by atoms with Crippen molar-refractivity contribution in [3.05, 3.63) is 65.7 Å². The van der Waals surface area contributed by atoms with Gasteiger partial charge in [0.2, 0.25) is 0 Å². The van der Waals surface area contributed by atoms with Crippen LogP contribution in [0.4, 0.5) is 15.3 Å². The molecule has 2 fully saturated rings. The van der Waals surface area contributed by atoms with Gasteiger partial charge in [-0.1, -0.05) is 55.0 Å². The van der Waals surface area contributed by atoms with E-state index in [1.165, 1.54) is 6.92 Å². The molecule has 0 radical (unpaired) electrons. The highest BCUT2D eigenvalue weighted by Crippen LogP contribution is 2.52. The Morgan fingerprint density at radius 1 is 1.03 bits per heavy atom. The minimum absolute atomic E-state index is 0.0133. The van der Waals surface area contributed by atoms with Gasteiger partial charge in [0.1, 0.15) is 6.61 Å². The first-order chi connectivity index (χ1) is 17.0. The van der Waals surface area contributed by atoms with Gasteiger partial charge in [-0.3, -0.25) is 9.80 Å². The third-order valence-electron chi connectivity index (χ3n) is 7.26. The molecule has 3 unspecified atom stereocenters. The monoisotopic (exact) mass is 478 g/mol. The number of carboxylic acid groups (broad SMARTS) is 1. The molecule has 1 aliphatic heterocycles. The first kappa shape index (κ1) is 23.2. The second kappa shape index (κ2) is 9.60. The summed E-state index contributed by atoms with van der Waals surface area (Å²) in [6, 6.07) is 16.9. The highest BCUT2D eigenvalue weighted by Gasteiger charge is 2.52. The van der Waals surface area contributed by atoms with Gasteiger partial charge >= 0.3 is 18.2 Å². The number of anilines is 1. The van der Waals surface area contributed by atoms with Crippen molar-refractivity contribution in [2.24, 2.45) is 5.92 Å². The lowest BCUT2D eigenvalue weighted by Gasteiger charge is -2.46. The predicted molar refractivity (Wildman–Crippen MR) is 128 cm³/mol. The molecule has 2 aliphatic carbocycles. The van der Waals surface area contributed by atoms with Crippen LogP contribution in [-0.2, 0) is 20.9 Å². The molecule has 8 nitrogen and oxygen atoms in total. The summed E-state index contributed by atoms with van der Waals surface area (Å²) in [6.45, 7) is 1.55. The van der Waals surface area contributed by atoms with E-state index in [9.17, 15) is 19.5 Å². The smallest absolute Gasteiger partial charge is 0.414 e. The number of benzene rings is 2. The van der Waals surface area contributed by atoms with E-state index in [0.717, 1.165) is 48.9 Å². The number of carbonyl (C=O) groups is 3. The second-order valence-corrected chi connectivity index (χ2v) is 9.58. The molecular weight excluding hydrogens is 448 g/mol. The van der Waals surface area contributed by atoms with E-state index in [1.807, 2.05) is 54.6 Å². The van der Waals surface area contributed by atoms with Crippen LogP contribution in [0.15, 0.2) is 54.6 Å². The molecule has 35 heavy (non-hydrogen) atoms. The number of carboxylic acids is 1. The molecule has 5 rings (SSSR count). The normalized spacial score (nSPS) is 23.6. The Hall–Kier alpha value is -3.55. The largest absolute Gasteiger partial charge is 0.479 e. The number of aliphatic carboxylic acids is 1. The summed E-state index contributed by atoms with van der Waals surface area (Å²) in [4.78, 5) is 41.5. The standard InChI is InChI=1S/C27H30N2O6/c1-17(25(30)31)35-27(33)28(19-14-15-19)24-20-10-5-6-12-22(20)29(23-13-7-11-21(23)24)26(32)34-16-18-8-3-2-4-9-18/h2-6,8-10,12,17,19,21,23-24H,7,11,13-16H2,1H3,(H,30,31)/t17-,21?,23?,24?/m0/s1. The summed E-state index contributed by atoms with van der Waals surface area (Å²) < 4.78 is 11.1. The molecule has 2 saturated carbocycles. The zero-order chi connectivity index (χ0) is 24.5. The van der Waals surface area contributed by atoms with Crippen LogP contribution < -0.4 is 4.90 Å². The van der Waals surface area contributed by atoms with Gasteiger partial charge in [0, 0.05) is 18.0 Å². The second-order valence-electron chi connectivity index (χ2n) is 9.58. The number of hydrogen-bond acceptors (Lipinski definition) is 5. The van der Waals surface area contributed by atoms with Crippen LogP contribution in [-0.4, -0.2) is 46.3 Å². The molecule has 184 valence electrons. The summed E-state index contributed by atoms with van der Waals surface area (Å²) >= 11 is 0. The van der Waals surface area contributed by atoms with Gasteiger partial charge in [-0.25, -0.2) is 14.4 Å². The number of carbonyl (C=O) groups excluding carboxylic acids is 2. The van der Waals surface area contributed by atoms with Crippen LogP contribution in [0.2, 0.25) is 0 Å². The highest BCUT2D eigenvalue weighted by atomic mass is 16.6. The van der Waals surface area contributed by atoms with E-state index in [0.29, 0.717) is 0 Å². The van der Waals surface area contributed by atoms with E-state index >= 15 is 0 Å². The average Bonchev–Trinajstić information content (AvgIpc) is 3.58. The van der Waals surface area contributed by atoms with Gasteiger partial charge in [0.25, 0.3) is 0 Å². The predicted octanol–water partition coefficient (Wildman–Crippen LogP) is 5.13. The van der Waals surface area contributed by atoms with Crippen molar-refractivity contribution in [3.63, 3.8) is 0 Å².